The minimum absolute atomic E-state index is 0.0700. The van der Waals surface area contributed by atoms with Crippen molar-refractivity contribution in [1.82, 2.24) is 0 Å². The second-order valence-electron chi connectivity index (χ2n) is 12.2. The molecule has 0 fully saturated rings. The third-order valence-electron chi connectivity index (χ3n) is 8.35. The minimum Gasteiger partial charge on any atom is -0.550 e. The van der Waals surface area contributed by atoms with Crippen molar-refractivity contribution in [3.8, 4) is 0 Å². The topological polar surface area (TPSA) is 60.4 Å². The maximum Gasteiger partial charge on any atom is 0.104 e. The van der Waals surface area contributed by atoms with Gasteiger partial charge in [-0.05, 0) is 50.2 Å². The lowest BCUT2D eigenvalue weighted by Crippen LogP contribution is -2.35. The Morgan fingerprint density at radius 3 is 1.65 bits per heavy atom. The Labute approximate surface area is 230 Å². The van der Waals surface area contributed by atoms with Crippen molar-refractivity contribution in [1.29, 1.82) is 0 Å². The zero-order valence-electron chi connectivity index (χ0n) is 25.1. The van der Waals surface area contributed by atoms with Gasteiger partial charge in [0, 0.05) is 11.9 Å². The molecule has 2 unspecified atom stereocenters. The normalized spacial score (nSPS) is 18.6. The molecular weight excluding hydrogens is 456 g/mol. The van der Waals surface area contributed by atoms with Gasteiger partial charge in [-0.15, -0.1) is 0 Å². The summed E-state index contributed by atoms with van der Waals surface area (Å²) in [5, 5.41) is 23.2. The van der Waals surface area contributed by atoms with Crippen LogP contribution in [0.5, 0.6) is 0 Å². The smallest absolute Gasteiger partial charge is 0.104 e. The number of carbonyl (C=O) groups excluding carboxylic acids is 1. The highest BCUT2D eigenvalue weighted by Crippen LogP contribution is 2.36. The Bertz CT molecular complexity index is 647. The van der Waals surface area contributed by atoms with E-state index in [1.165, 1.54) is 102 Å². The molecule has 0 bridgehead atoms. The molecule has 2 atom stereocenters. The van der Waals surface area contributed by atoms with Crippen LogP contribution in [0.3, 0.4) is 0 Å². The van der Waals surface area contributed by atoms with E-state index >= 15 is 0 Å². The van der Waals surface area contributed by atoms with E-state index in [-0.39, 0.29) is 5.92 Å². The van der Waals surface area contributed by atoms with Crippen LogP contribution in [0.15, 0.2) is 23.3 Å². The van der Waals surface area contributed by atoms with Crippen LogP contribution in [-0.2, 0) is 4.79 Å². The van der Waals surface area contributed by atoms with E-state index in [1.54, 1.807) is 0 Å². The molecule has 1 aliphatic carbocycles. The fraction of sp³-hybridized carbons (Fsp3) is 0.853. The first-order valence-electron chi connectivity index (χ1n) is 16.2. The van der Waals surface area contributed by atoms with Gasteiger partial charge in [0.2, 0.25) is 0 Å². The van der Waals surface area contributed by atoms with E-state index < -0.39 is 17.5 Å². The van der Waals surface area contributed by atoms with Gasteiger partial charge < -0.3 is 15.0 Å². The number of unbranched alkanes of at least 4 members (excludes halogenated alkanes) is 16. The molecule has 216 valence electrons. The van der Waals surface area contributed by atoms with Crippen LogP contribution >= 0.6 is 0 Å². The molecule has 0 heterocycles. The molecular formula is C34H61O3-. The van der Waals surface area contributed by atoms with E-state index in [9.17, 15) is 15.0 Å². The van der Waals surface area contributed by atoms with Crippen molar-refractivity contribution >= 4 is 5.97 Å². The number of rotatable bonds is 24. The summed E-state index contributed by atoms with van der Waals surface area (Å²) in [6.45, 7) is 8.56. The van der Waals surface area contributed by atoms with Crippen LogP contribution in [0.2, 0.25) is 0 Å². The Morgan fingerprint density at radius 2 is 1.19 bits per heavy atom. The summed E-state index contributed by atoms with van der Waals surface area (Å²) in [5.74, 6) is -1.30. The van der Waals surface area contributed by atoms with E-state index in [0.29, 0.717) is 12.8 Å². The number of aliphatic carboxylic acids is 1. The van der Waals surface area contributed by atoms with Crippen molar-refractivity contribution in [2.75, 3.05) is 0 Å². The Kier molecular flexibility index (Phi) is 19.1. The van der Waals surface area contributed by atoms with Crippen molar-refractivity contribution < 1.29 is 15.0 Å². The molecule has 0 aliphatic heterocycles. The van der Waals surface area contributed by atoms with Crippen molar-refractivity contribution in [3.05, 3.63) is 23.3 Å². The van der Waals surface area contributed by atoms with Crippen molar-refractivity contribution in [3.63, 3.8) is 0 Å². The highest BCUT2D eigenvalue weighted by Gasteiger charge is 2.31. The highest BCUT2D eigenvalue weighted by molar-refractivity contribution is 5.68. The minimum atomic E-state index is -0.959. The predicted molar refractivity (Wildman–Crippen MR) is 157 cm³/mol. The molecule has 1 aliphatic rings. The molecule has 0 radical (unpaired) electrons. The quantitative estimate of drug-likeness (QED) is 0.102. The monoisotopic (exact) mass is 517 g/mol. The highest BCUT2D eigenvalue weighted by atomic mass is 16.4. The van der Waals surface area contributed by atoms with Gasteiger partial charge in [0.25, 0.3) is 0 Å². The molecule has 3 nitrogen and oxygen atoms in total. The third kappa shape index (κ3) is 15.8. The van der Waals surface area contributed by atoms with Crippen molar-refractivity contribution in [2.45, 2.75) is 175 Å². The summed E-state index contributed by atoms with van der Waals surface area (Å²) in [4.78, 5) is 11.9. The van der Waals surface area contributed by atoms with Gasteiger partial charge in [-0.1, -0.05) is 148 Å². The van der Waals surface area contributed by atoms with Gasteiger partial charge in [0.15, 0.2) is 0 Å². The standard InChI is InChI=1S/C34H62O3/c1-5-7-9-11-12-13-14-15-16-17-18-19-20-22-24-32(33(35)36)26-31-25-30(23-21-10-8-6-2)27-34(37,28-31)29(3)4/h27-29,32,37H,5-26H2,1-4H3,(H,35,36)/p-1. The van der Waals surface area contributed by atoms with Gasteiger partial charge >= 0.3 is 0 Å². The molecule has 37 heavy (non-hydrogen) atoms. The Morgan fingerprint density at radius 1 is 0.757 bits per heavy atom. The number of allylic oxidation sites excluding steroid dienone is 2. The summed E-state index contributed by atoms with van der Waals surface area (Å²) >= 11 is 0. The van der Waals surface area contributed by atoms with E-state index in [4.69, 9.17) is 0 Å². The maximum atomic E-state index is 11.9. The largest absolute Gasteiger partial charge is 0.550 e. The second-order valence-corrected chi connectivity index (χ2v) is 12.2. The predicted octanol–water partition coefficient (Wildman–Crippen LogP) is 9.23. The molecule has 0 amide bonds. The van der Waals surface area contributed by atoms with Gasteiger partial charge in [0.05, 0.1) is 0 Å². The molecule has 0 spiro atoms. The van der Waals surface area contributed by atoms with Crippen LogP contribution in [-0.4, -0.2) is 16.7 Å². The number of carboxylic acids is 1. The van der Waals surface area contributed by atoms with Crippen molar-refractivity contribution in [2.24, 2.45) is 11.8 Å². The molecule has 0 aromatic heterocycles. The molecule has 3 heteroatoms. The summed E-state index contributed by atoms with van der Waals surface area (Å²) in [7, 11) is 0. The summed E-state index contributed by atoms with van der Waals surface area (Å²) in [6, 6.07) is 0. The Hall–Kier alpha value is -1.09. The second kappa shape index (κ2) is 20.8. The van der Waals surface area contributed by atoms with Crippen LogP contribution in [0.1, 0.15) is 169 Å². The summed E-state index contributed by atoms with van der Waals surface area (Å²) < 4.78 is 0. The fourth-order valence-electron chi connectivity index (χ4n) is 5.70. The lowest BCUT2D eigenvalue weighted by Gasteiger charge is -2.33. The molecule has 1 rings (SSSR count). The zero-order valence-corrected chi connectivity index (χ0v) is 25.1. The third-order valence-corrected chi connectivity index (χ3v) is 8.35. The first-order chi connectivity index (χ1) is 17.8. The maximum absolute atomic E-state index is 11.9. The molecule has 0 saturated carbocycles. The van der Waals surface area contributed by atoms with Gasteiger partial charge in [-0.2, -0.15) is 0 Å². The first-order valence-corrected chi connectivity index (χ1v) is 16.2. The number of hydrogen-bond donors (Lipinski definition) is 1. The zero-order chi connectivity index (χ0) is 27.4. The van der Waals surface area contributed by atoms with Crippen LogP contribution in [0.4, 0.5) is 0 Å². The average molecular weight is 518 g/mol. The van der Waals surface area contributed by atoms with Crippen LogP contribution in [0.25, 0.3) is 0 Å². The molecule has 0 aromatic carbocycles. The fourth-order valence-corrected chi connectivity index (χ4v) is 5.70. The van der Waals surface area contributed by atoms with Gasteiger partial charge in [-0.25, -0.2) is 0 Å². The number of aliphatic hydroxyl groups is 1. The number of hydrogen-bond acceptors (Lipinski definition) is 3. The summed E-state index contributed by atoms with van der Waals surface area (Å²) in [6.07, 6.45) is 30.1. The van der Waals surface area contributed by atoms with E-state index in [0.717, 1.165) is 37.7 Å². The van der Waals surface area contributed by atoms with E-state index in [1.807, 2.05) is 19.9 Å². The number of carbonyl (C=O) groups is 1. The van der Waals surface area contributed by atoms with Gasteiger partial charge in [0.1, 0.15) is 5.60 Å². The molecule has 0 saturated heterocycles. The first kappa shape index (κ1) is 33.9. The lowest BCUT2D eigenvalue weighted by molar-refractivity contribution is -0.311. The molecule has 1 N–H and O–H groups in total. The van der Waals surface area contributed by atoms with E-state index in [2.05, 4.69) is 19.9 Å². The number of carboxylic acid groups (broad SMARTS) is 1. The summed E-state index contributed by atoms with van der Waals surface area (Å²) in [5.41, 5.74) is 1.40. The van der Waals surface area contributed by atoms with Crippen LogP contribution < -0.4 is 5.11 Å². The lowest BCUT2D eigenvalue weighted by atomic mass is 9.77. The van der Waals surface area contributed by atoms with Crippen LogP contribution in [0, 0.1) is 11.8 Å². The Balaban J connectivity index is 2.32. The average Bonchev–Trinajstić information content (AvgIpc) is 2.85. The molecule has 0 aromatic rings. The van der Waals surface area contributed by atoms with Gasteiger partial charge in [-0.3, -0.25) is 0 Å². The SMILES string of the molecule is CCCCCCCCCCCCCCCCC(CC1=CC(O)(C(C)C)C=C(CCCCCC)C1)C(=O)[O-].